The number of benzene rings is 1. The quantitative estimate of drug-likeness (QED) is 0.431. The molecule has 0 amide bonds. The van der Waals surface area contributed by atoms with Crippen LogP contribution in [0.15, 0.2) is 42.0 Å². The number of fused-ring (bicyclic) bond motifs is 5. The van der Waals surface area contributed by atoms with Gasteiger partial charge in [-0.3, -0.25) is 4.90 Å². The highest BCUT2D eigenvalue weighted by Gasteiger charge is 2.81. The molecule has 6 aliphatic carbocycles. The Morgan fingerprint density at radius 2 is 1.84 bits per heavy atom. The molecular weight excluding hydrogens is 466 g/mol. The Hall–Kier alpha value is -1.16. The molecule has 0 radical (unpaired) electrons. The molecule has 2 heterocycles. The number of aliphatic hydroxyl groups excluding tert-OH is 1. The van der Waals surface area contributed by atoms with Gasteiger partial charge in [-0.25, -0.2) is 0 Å². The van der Waals surface area contributed by atoms with Gasteiger partial charge in [0.05, 0.1) is 17.8 Å². The molecule has 5 saturated carbocycles. The van der Waals surface area contributed by atoms with Crippen molar-refractivity contribution in [1.82, 2.24) is 4.90 Å². The van der Waals surface area contributed by atoms with E-state index in [4.69, 9.17) is 4.74 Å². The highest BCUT2D eigenvalue weighted by molar-refractivity contribution is 5.34. The molecule has 3 nitrogen and oxygen atoms in total. The van der Waals surface area contributed by atoms with Crippen molar-refractivity contribution >= 4 is 0 Å². The van der Waals surface area contributed by atoms with E-state index in [9.17, 15) is 5.11 Å². The minimum Gasteiger partial charge on any atom is -0.393 e. The smallest absolute Gasteiger partial charge is 0.0784 e. The Morgan fingerprint density at radius 3 is 2.66 bits per heavy atom. The minimum absolute atomic E-state index is 0.0428. The lowest BCUT2D eigenvalue weighted by molar-refractivity contribution is -0.294. The molecule has 1 N–H and O–H groups in total. The van der Waals surface area contributed by atoms with Crippen molar-refractivity contribution < 1.29 is 9.84 Å². The maximum absolute atomic E-state index is 10.5. The summed E-state index contributed by atoms with van der Waals surface area (Å²) in [6.45, 7) is 12.5. The first-order valence-corrected chi connectivity index (χ1v) is 16.0. The average Bonchev–Trinajstić information content (AvgIpc) is 3.33. The van der Waals surface area contributed by atoms with Gasteiger partial charge >= 0.3 is 0 Å². The van der Waals surface area contributed by atoms with Gasteiger partial charge in [0.1, 0.15) is 0 Å². The third-order valence-corrected chi connectivity index (χ3v) is 14.2. The normalized spacial score (nSPS) is 54.9. The van der Waals surface area contributed by atoms with Gasteiger partial charge in [0, 0.05) is 30.5 Å². The van der Waals surface area contributed by atoms with Crippen LogP contribution in [0.3, 0.4) is 0 Å². The van der Waals surface area contributed by atoms with Crippen LogP contribution >= 0.6 is 0 Å². The first kappa shape index (κ1) is 24.6. The fraction of sp³-hybridized carbons (Fsp3) is 0.771. The molecule has 2 aliphatic heterocycles. The zero-order chi connectivity index (χ0) is 26.1. The molecule has 1 aromatic carbocycles. The average molecular weight is 516 g/mol. The summed E-state index contributed by atoms with van der Waals surface area (Å²) in [6.07, 6.45) is 13.9. The molecular formula is C35H49NO2. The van der Waals surface area contributed by atoms with Gasteiger partial charge in [-0.15, -0.1) is 0 Å². The van der Waals surface area contributed by atoms with Crippen molar-refractivity contribution in [3.63, 3.8) is 0 Å². The third kappa shape index (κ3) is 2.92. The highest BCUT2D eigenvalue weighted by atomic mass is 16.5. The number of aliphatic hydroxyl groups is 1. The van der Waals surface area contributed by atoms with E-state index in [0.717, 1.165) is 37.1 Å². The van der Waals surface area contributed by atoms with Crippen molar-refractivity contribution in [2.45, 2.75) is 116 Å². The second kappa shape index (κ2) is 7.98. The number of likely N-dealkylation sites (tertiary alicyclic amines) is 1. The highest BCUT2D eigenvalue weighted by Crippen LogP contribution is 2.84. The lowest BCUT2D eigenvalue weighted by Crippen LogP contribution is -2.71. The van der Waals surface area contributed by atoms with Crippen molar-refractivity contribution in [2.75, 3.05) is 6.54 Å². The molecule has 3 heteroatoms. The maximum Gasteiger partial charge on any atom is 0.0784 e. The van der Waals surface area contributed by atoms with E-state index in [1.54, 1.807) is 5.57 Å². The number of allylic oxidation sites excluding steroid dienone is 1. The van der Waals surface area contributed by atoms with Crippen molar-refractivity contribution in [1.29, 1.82) is 0 Å². The Balaban J connectivity index is 1.11. The van der Waals surface area contributed by atoms with Crippen molar-refractivity contribution in [3.8, 4) is 0 Å². The summed E-state index contributed by atoms with van der Waals surface area (Å²) in [5.74, 6) is 3.77. The standard InChI is InChI=1S/C35H49NO2/c1-22-16-29-31(36(19-22)20-24-8-6-5-7-9-24)23(2)35(38-29)15-14-34-21-33(35,4)30(34)18-28-27(34)11-10-25-17-26(37)12-13-32(25,28)3/h5-10,22-23,26-31,37H,11-21H2,1-4H3/t22-,23+,26-,27+,28-,29+,30?,31-,32-,33?,34?,35+/m0/s1. The number of hydrogen-bond donors (Lipinski definition) is 1. The summed E-state index contributed by atoms with van der Waals surface area (Å²) >= 11 is 0. The predicted octanol–water partition coefficient (Wildman–Crippen LogP) is 6.99. The molecule has 12 atom stereocenters. The minimum atomic E-state index is -0.112. The Labute approximate surface area is 230 Å². The SMILES string of the molecule is C[C@H]1C[C@H]2O[C@]3(CCC45CC3(C)C4C[C@H]3[C@H]5CC=C4C[C@@H](O)CC[C@@]43C)[C@H](C)[C@@H]2N(Cc2ccccc2)C1. The Kier molecular flexibility index (Phi) is 5.17. The summed E-state index contributed by atoms with van der Waals surface area (Å²) in [4.78, 5) is 2.82. The molecule has 206 valence electrons. The molecule has 8 aliphatic rings. The van der Waals surface area contributed by atoms with E-state index in [1.807, 2.05) is 0 Å². The van der Waals surface area contributed by atoms with Crippen LogP contribution in [0.5, 0.6) is 0 Å². The van der Waals surface area contributed by atoms with Gasteiger partial charge < -0.3 is 9.84 Å². The summed E-state index contributed by atoms with van der Waals surface area (Å²) < 4.78 is 7.51. The van der Waals surface area contributed by atoms with Crippen LogP contribution in [0.4, 0.5) is 0 Å². The van der Waals surface area contributed by atoms with Crippen LogP contribution in [-0.4, -0.2) is 40.4 Å². The zero-order valence-electron chi connectivity index (χ0n) is 24.2. The number of hydrogen-bond acceptors (Lipinski definition) is 3. The van der Waals surface area contributed by atoms with Gasteiger partial charge in [0.2, 0.25) is 0 Å². The van der Waals surface area contributed by atoms with Crippen LogP contribution < -0.4 is 0 Å². The van der Waals surface area contributed by atoms with Gasteiger partial charge in [-0.1, -0.05) is 69.7 Å². The number of piperidine rings is 1. The largest absolute Gasteiger partial charge is 0.393 e. The number of ether oxygens (including phenoxy) is 1. The third-order valence-electron chi connectivity index (χ3n) is 14.2. The van der Waals surface area contributed by atoms with Crippen LogP contribution in [-0.2, 0) is 11.3 Å². The molecule has 1 aromatic rings. The molecule has 2 saturated heterocycles. The van der Waals surface area contributed by atoms with E-state index >= 15 is 0 Å². The summed E-state index contributed by atoms with van der Waals surface area (Å²) in [5.41, 5.74) is 4.28. The van der Waals surface area contributed by atoms with Gasteiger partial charge in [0.15, 0.2) is 0 Å². The molecule has 38 heavy (non-hydrogen) atoms. The second-order valence-corrected chi connectivity index (χ2v) is 15.7. The van der Waals surface area contributed by atoms with E-state index in [0.29, 0.717) is 40.2 Å². The van der Waals surface area contributed by atoms with Gasteiger partial charge in [-0.2, -0.15) is 0 Å². The van der Waals surface area contributed by atoms with Crippen LogP contribution in [0.25, 0.3) is 0 Å². The first-order valence-electron chi connectivity index (χ1n) is 16.0. The predicted molar refractivity (Wildman–Crippen MR) is 151 cm³/mol. The monoisotopic (exact) mass is 515 g/mol. The van der Waals surface area contributed by atoms with Crippen LogP contribution in [0.1, 0.15) is 91.0 Å². The molecule has 7 fully saturated rings. The maximum atomic E-state index is 10.5. The Bertz CT molecular complexity index is 1150. The lowest BCUT2D eigenvalue weighted by Gasteiger charge is -2.73. The van der Waals surface area contributed by atoms with E-state index < -0.39 is 0 Å². The fourth-order valence-electron chi connectivity index (χ4n) is 12.8. The molecule has 9 rings (SSSR count). The zero-order valence-corrected chi connectivity index (χ0v) is 24.2. The van der Waals surface area contributed by atoms with E-state index in [-0.39, 0.29) is 11.7 Å². The topological polar surface area (TPSA) is 32.7 Å². The summed E-state index contributed by atoms with van der Waals surface area (Å²) in [5, 5.41) is 10.5. The lowest BCUT2D eigenvalue weighted by atomic mass is 9.33. The van der Waals surface area contributed by atoms with Gasteiger partial charge in [-0.05, 0) is 97.9 Å². The molecule has 3 unspecified atom stereocenters. The molecule has 2 spiro atoms. The van der Waals surface area contributed by atoms with Crippen molar-refractivity contribution in [2.24, 2.45) is 45.8 Å². The van der Waals surface area contributed by atoms with E-state index in [1.165, 1.54) is 57.1 Å². The van der Waals surface area contributed by atoms with E-state index in [2.05, 4.69) is 69.0 Å². The number of rotatable bonds is 2. The van der Waals surface area contributed by atoms with Crippen molar-refractivity contribution in [3.05, 3.63) is 47.5 Å². The molecule has 0 aromatic heterocycles. The van der Waals surface area contributed by atoms with Gasteiger partial charge in [0.25, 0.3) is 0 Å². The first-order chi connectivity index (χ1) is 18.2. The number of nitrogens with zero attached hydrogens (tertiary/aromatic N) is 1. The van der Waals surface area contributed by atoms with Crippen LogP contribution in [0, 0.1) is 45.8 Å². The Morgan fingerprint density at radius 1 is 1.03 bits per heavy atom. The molecule has 2 bridgehead atoms. The summed E-state index contributed by atoms with van der Waals surface area (Å²) in [6, 6.07) is 11.7. The second-order valence-electron chi connectivity index (χ2n) is 15.7. The fourth-order valence-corrected chi connectivity index (χ4v) is 12.8. The van der Waals surface area contributed by atoms with Crippen LogP contribution in [0.2, 0.25) is 0 Å². The summed E-state index contributed by atoms with van der Waals surface area (Å²) in [7, 11) is 0.